The quantitative estimate of drug-likeness (QED) is 0.614. The van der Waals surface area contributed by atoms with Crippen molar-refractivity contribution in [2.24, 2.45) is 5.73 Å². The molecule has 0 saturated heterocycles. The number of hydrogen-bond acceptors (Lipinski definition) is 4. The summed E-state index contributed by atoms with van der Waals surface area (Å²) in [5.41, 5.74) is 5.27. The average Bonchev–Trinajstić information content (AvgIpc) is 2.42. The minimum atomic E-state index is -0.644. The van der Waals surface area contributed by atoms with Crippen LogP contribution in [0.25, 0.3) is 0 Å². The van der Waals surface area contributed by atoms with Crippen molar-refractivity contribution in [2.75, 3.05) is 20.2 Å². The van der Waals surface area contributed by atoms with Gasteiger partial charge < -0.3 is 21.1 Å². The van der Waals surface area contributed by atoms with Gasteiger partial charge in [-0.1, -0.05) is 0 Å². The molecule has 102 valence electrons. The molecule has 0 bridgehead atoms. The Morgan fingerprint density at radius 3 is 2.26 bits per heavy atom. The first-order valence-corrected chi connectivity index (χ1v) is 5.50. The van der Waals surface area contributed by atoms with Gasteiger partial charge in [0.25, 0.3) is 5.91 Å². The SMILES string of the molecule is COc1ccc(C(=O)NCC(=O)NCC(N)=O)cc1. The van der Waals surface area contributed by atoms with Gasteiger partial charge in [0, 0.05) is 5.56 Å². The van der Waals surface area contributed by atoms with Gasteiger partial charge in [0.15, 0.2) is 0 Å². The van der Waals surface area contributed by atoms with E-state index in [4.69, 9.17) is 10.5 Å². The van der Waals surface area contributed by atoms with Crippen LogP contribution in [0, 0.1) is 0 Å². The zero-order chi connectivity index (χ0) is 14.3. The molecule has 1 aromatic rings. The molecule has 7 heteroatoms. The summed E-state index contributed by atoms with van der Waals surface area (Å²) in [5, 5.41) is 4.67. The molecular formula is C12H15N3O4. The van der Waals surface area contributed by atoms with Crippen LogP contribution in [-0.4, -0.2) is 37.9 Å². The predicted molar refractivity (Wildman–Crippen MR) is 67.5 cm³/mol. The molecule has 0 unspecified atom stereocenters. The second-order valence-corrected chi connectivity index (χ2v) is 3.65. The maximum Gasteiger partial charge on any atom is 0.251 e. The molecule has 0 aliphatic carbocycles. The lowest BCUT2D eigenvalue weighted by molar-refractivity contribution is -0.124. The van der Waals surface area contributed by atoms with Crippen molar-refractivity contribution in [2.45, 2.75) is 0 Å². The minimum absolute atomic E-state index is 0.224. The number of benzene rings is 1. The number of methoxy groups -OCH3 is 1. The second-order valence-electron chi connectivity index (χ2n) is 3.65. The van der Waals surface area contributed by atoms with Crippen LogP contribution in [0.3, 0.4) is 0 Å². The Labute approximate surface area is 110 Å². The third-order valence-electron chi connectivity index (χ3n) is 2.22. The Balaban J connectivity index is 2.42. The van der Waals surface area contributed by atoms with Gasteiger partial charge in [0.05, 0.1) is 20.2 Å². The van der Waals surface area contributed by atoms with Crippen LogP contribution in [0.4, 0.5) is 0 Å². The largest absolute Gasteiger partial charge is 0.497 e. The standard InChI is InChI=1S/C12H15N3O4/c1-19-9-4-2-8(3-5-9)12(18)15-7-11(17)14-6-10(13)16/h2-5H,6-7H2,1H3,(H2,13,16)(H,14,17)(H,15,18). The van der Waals surface area contributed by atoms with Crippen molar-refractivity contribution in [3.8, 4) is 5.75 Å². The molecule has 0 radical (unpaired) electrons. The number of carbonyl (C=O) groups excluding carboxylic acids is 3. The summed E-state index contributed by atoms with van der Waals surface area (Å²) in [6.07, 6.45) is 0. The van der Waals surface area contributed by atoms with E-state index in [0.29, 0.717) is 11.3 Å². The van der Waals surface area contributed by atoms with Crippen molar-refractivity contribution in [3.05, 3.63) is 29.8 Å². The molecule has 0 aromatic heterocycles. The van der Waals surface area contributed by atoms with Crippen molar-refractivity contribution in [1.82, 2.24) is 10.6 Å². The number of carbonyl (C=O) groups is 3. The summed E-state index contributed by atoms with van der Waals surface area (Å²) in [7, 11) is 1.53. The van der Waals surface area contributed by atoms with Crippen LogP contribution >= 0.6 is 0 Å². The Morgan fingerprint density at radius 2 is 1.74 bits per heavy atom. The summed E-state index contributed by atoms with van der Waals surface area (Å²) in [5.74, 6) is -0.886. The zero-order valence-electron chi connectivity index (χ0n) is 10.4. The van der Waals surface area contributed by atoms with E-state index >= 15 is 0 Å². The lowest BCUT2D eigenvalue weighted by atomic mass is 10.2. The molecule has 1 aromatic carbocycles. The first kappa shape index (κ1) is 14.5. The highest BCUT2D eigenvalue weighted by Crippen LogP contribution is 2.10. The first-order valence-electron chi connectivity index (χ1n) is 5.50. The molecule has 0 spiro atoms. The van der Waals surface area contributed by atoms with Crippen LogP contribution in [-0.2, 0) is 9.59 Å². The van der Waals surface area contributed by atoms with Gasteiger partial charge in [-0.05, 0) is 24.3 Å². The fourth-order valence-electron chi connectivity index (χ4n) is 1.25. The van der Waals surface area contributed by atoms with E-state index in [2.05, 4.69) is 10.6 Å². The topological polar surface area (TPSA) is 111 Å². The Morgan fingerprint density at radius 1 is 1.11 bits per heavy atom. The predicted octanol–water partition coefficient (Wildman–Crippen LogP) is -0.973. The monoisotopic (exact) mass is 265 g/mol. The van der Waals surface area contributed by atoms with Crippen LogP contribution in [0.2, 0.25) is 0 Å². The third kappa shape index (κ3) is 5.07. The summed E-state index contributed by atoms with van der Waals surface area (Å²) in [6, 6.07) is 6.44. The number of primary amides is 1. The van der Waals surface area contributed by atoms with Gasteiger partial charge in [0.1, 0.15) is 5.75 Å². The van der Waals surface area contributed by atoms with E-state index in [0.717, 1.165) is 0 Å². The molecule has 19 heavy (non-hydrogen) atoms. The Kier molecular flexibility index (Phi) is 5.34. The molecule has 7 nitrogen and oxygen atoms in total. The number of nitrogens with one attached hydrogen (secondary N) is 2. The minimum Gasteiger partial charge on any atom is -0.497 e. The maximum absolute atomic E-state index is 11.7. The first-order chi connectivity index (χ1) is 9.02. The van der Waals surface area contributed by atoms with Gasteiger partial charge in [-0.2, -0.15) is 0 Å². The number of nitrogens with two attached hydrogens (primary N) is 1. The fraction of sp³-hybridized carbons (Fsp3) is 0.250. The molecule has 0 aliphatic rings. The van der Waals surface area contributed by atoms with E-state index in [1.54, 1.807) is 24.3 Å². The summed E-state index contributed by atoms with van der Waals surface area (Å²) >= 11 is 0. The lowest BCUT2D eigenvalue weighted by Crippen LogP contribution is -2.40. The molecule has 0 aliphatic heterocycles. The zero-order valence-corrected chi connectivity index (χ0v) is 10.4. The van der Waals surface area contributed by atoms with Gasteiger partial charge in [-0.3, -0.25) is 14.4 Å². The molecule has 0 atom stereocenters. The molecule has 3 amide bonds. The maximum atomic E-state index is 11.7. The summed E-state index contributed by atoms with van der Waals surface area (Å²) in [6.45, 7) is -0.477. The number of hydrogen-bond donors (Lipinski definition) is 3. The van der Waals surface area contributed by atoms with Gasteiger partial charge in [-0.15, -0.1) is 0 Å². The summed E-state index contributed by atoms with van der Waals surface area (Å²) in [4.78, 5) is 33.3. The smallest absolute Gasteiger partial charge is 0.251 e. The van der Waals surface area contributed by atoms with Crippen LogP contribution in [0.5, 0.6) is 5.75 Å². The molecule has 0 fully saturated rings. The Bertz CT molecular complexity index is 470. The molecule has 0 saturated carbocycles. The Hall–Kier alpha value is -2.57. The van der Waals surface area contributed by atoms with E-state index in [1.165, 1.54) is 7.11 Å². The highest BCUT2D eigenvalue weighted by Gasteiger charge is 2.08. The molecule has 1 rings (SSSR count). The van der Waals surface area contributed by atoms with Gasteiger partial charge in [-0.25, -0.2) is 0 Å². The lowest BCUT2D eigenvalue weighted by Gasteiger charge is -2.06. The van der Waals surface area contributed by atoms with Crippen LogP contribution < -0.4 is 21.1 Å². The van der Waals surface area contributed by atoms with Crippen molar-refractivity contribution in [1.29, 1.82) is 0 Å². The van der Waals surface area contributed by atoms with Crippen LogP contribution in [0.1, 0.15) is 10.4 Å². The summed E-state index contributed by atoms with van der Waals surface area (Å²) < 4.78 is 4.96. The van der Waals surface area contributed by atoms with Crippen molar-refractivity contribution in [3.63, 3.8) is 0 Å². The molecular weight excluding hydrogens is 250 g/mol. The number of amides is 3. The molecule has 4 N–H and O–H groups in total. The van der Waals surface area contributed by atoms with E-state index < -0.39 is 17.7 Å². The van der Waals surface area contributed by atoms with Gasteiger partial charge >= 0.3 is 0 Å². The van der Waals surface area contributed by atoms with Gasteiger partial charge in [0.2, 0.25) is 11.8 Å². The third-order valence-corrected chi connectivity index (χ3v) is 2.22. The highest BCUT2D eigenvalue weighted by atomic mass is 16.5. The molecule has 0 heterocycles. The number of rotatable bonds is 6. The average molecular weight is 265 g/mol. The van der Waals surface area contributed by atoms with Crippen molar-refractivity contribution < 1.29 is 19.1 Å². The van der Waals surface area contributed by atoms with Crippen LogP contribution in [0.15, 0.2) is 24.3 Å². The van der Waals surface area contributed by atoms with Crippen molar-refractivity contribution >= 4 is 17.7 Å². The highest BCUT2D eigenvalue weighted by molar-refractivity contribution is 5.96. The fourth-order valence-corrected chi connectivity index (χ4v) is 1.25. The normalized spacial score (nSPS) is 9.53. The number of ether oxygens (including phenoxy) is 1. The second kappa shape index (κ2) is 7.00. The van der Waals surface area contributed by atoms with E-state index in [9.17, 15) is 14.4 Å². The van der Waals surface area contributed by atoms with E-state index in [1.807, 2.05) is 0 Å². The van der Waals surface area contributed by atoms with E-state index in [-0.39, 0.29) is 13.1 Å².